The predicted molar refractivity (Wildman–Crippen MR) is 90.1 cm³/mol. The highest BCUT2D eigenvalue weighted by Crippen LogP contribution is 2.29. The third kappa shape index (κ3) is 5.66. The Morgan fingerprint density at radius 3 is 1.95 bits per heavy atom. The number of nitrogens with two attached hydrogens (primary N) is 1. The zero-order valence-corrected chi connectivity index (χ0v) is 14.2. The van der Waals surface area contributed by atoms with Crippen molar-refractivity contribution in [3.8, 4) is 0 Å². The molecule has 0 aliphatic carbocycles. The summed E-state index contributed by atoms with van der Waals surface area (Å²) in [6.45, 7) is 12.5. The topological polar surface area (TPSA) is 29.3 Å². The van der Waals surface area contributed by atoms with Crippen molar-refractivity contribution in [2.75, 3.05) is 18.0 Å². The highest BCUT2D eigenvalue weighted by Gasteiger charge is 2.18. The molecule has 0 unspecified atom stereocenters. The third-order valence-corrected chi connectivity index (χ3v) is 3.78. The smallest absolute Gasteiger partial charge is 0.146 e. The number of halogens is 1. The van der Waals surface area contributed by atoms with Gasteiger partial charge in [-0.15, -0.1) is 0 Å². The predicted octanol–water partition coefficient (Wildman–Crippen LogP) is 4.74. The molecule has 0 aliphatic heterocycles. The summed E-state index contributed by atoms with van der Waals surface area (Å²) < 4.78 is 14.4. The Labute approximate surface area is 129 Å². The molecule has 3 heteroatoms. The van der Waals surface area contributed by atoms with Gasteiger partial charge in [0.2, 0.25) is 0 Å². The summed E-state index contributed by atoms with van der Waals surface area (Å²) in [6, 6.07) is 5.08. The van der Waals surface area contributed by atoms with Gasteiger partial charge >= 0.3 is 0 Å². The molecular weight excluding hydrogens is 263 g/mol. The van der Waals surface area contributed by atoms with Crippen molar-refractivity contribution in [1.29, 1.82) is 0 Å². The van der Waals surface area contributed by atoms with Gasteiger partial charge in [0.05, 0.1) is 5.69 Å². The standard InChI is InChI=1S/C18H31FN2/c1-13(2)9-11-21(12-10-14(3)4)18-16(15(5)20)7-6-8-17(18)19/h6-8,13-15H,9-12,20H2,1-5H3/t15-/m0/s1. The Morgan fingerprint density at radius 2 is 1.52 bits per heavy atom. The number of hydrogen-bond donors (Lipinski definition) is 1. The quantitative estimate of drug-likeness (QED) is 0.750. The molecule has 0 spiro atoms. The van der Waals surface area contributed by atoms with Crippen LogP contribution in [0.15, 0.2) is 18.2 Å². The molecule has 1 aromatic rings. The van der Waals surface area contributed by atoms with E-state index in [0.29, 0.717) is 17.5 Å². The first-order valence-corrected chi connectivity index (χ1v) is 8.11. The number of para-hydroxylation sites is 1. The number of nitrogens with zero attached hydrogens (tertiary/aromatic N) is 1. The lowest BCUT2D eigenvalue weighted by molar-refractivity contribution is 0.524. The summed E-state index contributed by atoms with van der Waals surface area (Å²) in [5.41, 5.74) is 7.65. The fourth-order valence-corrected chi connectivity index (χ4v) is 2.40. The van der Waals surface area contributed by atoms with Crippen LogP contribution < -0.4 is 10.6 Å². The van der Waals surface area contributed by atoms with Crippen molar-refractivity contribution < 1.29 is 4.39 Å². The molecule has 0 aromatic heterocycles. The molecule has 0 radical (unpaired) electrons. The number of hydrogen-bond acceptors (Lipinski definition) is 2. The largest absolute Gasteiger partial charge is 0.369 e. The maximum absolute atomic E-state index is 14.4. The highest BCUT2D eigenvalue weighted by molar-refractivity contribution is 5.56. The Morgan fingerprint density at radius 1 is 1.00 bits per heavy atom. The summed E-state index contributed by atoms with van der Waals surface area (Å²) in [6.07, 6.45) is 2.12. The molecule has 0 aliphatic rings. The van der Waals surface area contributed by atoms with Crippen LogP contribution in [0.1, 0.15) is 59.1 Å². The summed E-state index contributed by atoms with van der Waals surface area (Å²) in [4.78, 5) is 2.19. The van der Waals surface area contributed by atoms with Crippen molar-refractivity contribution in [2.45, 2.75) is 53.5 Å². The Bertz CT molecular complexity index is 415. The lowest BCUT2D eigenvalue weighted by atomic mass is 10.0. The summed E-state index contributed by atoms with van der Waals surface area (Å²) in [5.74, 6) is 1.06. The van der Waals surface area contributed by atoms with E-state index >= 15 is 0 Å². The highest BCUT2D eigenvalue weighted by atomic mass is 19.1. The van der Waals surface area contributed by atoms with E-state index in [-0.39, 0.29) is 11.9 Å². The second kappa shape index (κ2) is 8.38. The minimum Gasteiger partial charge on any atom is -0.369 e. The Hall–Kier alpha value is -1.09. The first-order chi connectivity index (χ1) is 9.82. The van der Waals surface area contributed by atoms with Gasteiger partial charge in [-0.3, -0.25) is 0 Å². The van der Waals surface area contributed by atoms with E-state index in [2.05, 4.69) is 32.6 Å². The van der Waals surface area contributed by atoms with Gasteiger partial charge in [-0.05, 0) is 43.2 Å². The van der Waals surface area contributed by atoms with Crippen molar-refractivity contribution >= 4 is 5.69 Å². The Balaban J connectivity index is 3.05. The normalized spacial score (nSPS) is 13.0. The molecule has 0 amide bonds. The van der Waals surface area contributed by atoms with E-state index in [1.165, 1.54) is 0 Å². The van der Waals surface area contributed by atoms with Gasteiger partial charge in [0.1, 0.15) is 5.82 Å². The molecule has 2 N–H and O–H groups in total. The molecule has 1 atom stereocenters. The zero-order valence-electron chi connectivity index (χ0n) is 14.2. The van der Waals surface area contributed by atoms with Gasteiger partial charge in [0.15, 0.2) is 0 Å². The molecule has 120 valence electrons. The van der Waals surface area contributed by atoms with Gasteiger partial charge in [0, 0.05) is 19.1 Å². The molecule has 0 saturated carbocycles. The second-order valence-electron chi connectivity index (χ2n) is 6.82. The lowest BCUT2D eigenvalue weighted by Gasteiger charge is -2.30. The minimum atomic E-state index is -0.156. The van der Waals surface area contributed by atoms with Crippen molar-refractivity contribution in [3.63, 3.8) is 0 Å². The fourth-order valence-electron chi connectivity index (χ4n) is 2.40. The minimum absolute atomic E-state index is 0.155. The van der Waals surface area contributed by atoms with Gasteiger partial charge in [-0.1, -0.05) is 39.8 Å². The van der Waals surface area contributed by atoms with Gasteiger partial charge < -0.3 is 10.6 Å². The first-order valence-electron chi connectivity index (χ1n) is 8.11. The number of benzene rings is 1. The Kier molecular flexibility index (Phi) is 7.16. The number of rotatable bonds is 8. The van der Waals surface area contributed by atoms with Crippen LogP contribution in [0.3, 0.4) is 0 Å². The molecule has 2 nitrogen and oxygen atoms in total. The van der Waals surface area contributed by atoms with Crippen LogP contribution in [-0.2, 0) is 0 Å². The summed E-state index contributed by atoms with van der Waals surface area (Å²) in [7, 11) is 0. The van der Waals surface area contributed by atoms with E-state index in [9.17, 15) is 4.39 Å². The molecule has 1 aromatic carbocycles. The molecule has 21 heavy (non-hydrogen) atoms. The average Bonchev–Trinajstić information content (AvgIpc) is 2.38. The van der Waals surface area contributed by atoms with Crippen molar-refractivity contribution in [3.05, 3.63) is 29.6 Å². The summed E-state index contributed by atoms with van der Waals surface area (Å²) in [5, 5.41) is 0. The monoisotopic (exact) mass is 294 g/mol. The van der Waals surface area contributed by atoms with E-state index in [1.54, 1.807) is 12.1 Å². The van der Waals surface area contributed by atoms with E-state index in [4.69, 9.17) is 5.73 Å². The van der Waals surface area contributed by atoms with E-state index in [0.717, 1.165) is 31.5 Å². The van der Waals surface area contributed by atoms with E-state index < -0.39 is 0 Å². The van der Waals surface area contributed by atoms with Crippen molar-refractivity contribution in [2.24, 2.45) is 17.6 Å². The van der Waals surface area contributed by atoms with Crippen molar-refractivity contribution in [1.82, 2.24) is 0 Å². The van der Waals surface area contributed by atoms with Crippen LogP contribution in [0.2, 0.25) is 0 Å². The molecule has 0 heterocycles. The molecular formula is C18H31FN2. The van der Waals surface area contributed by atoms with Crippen LogP contribution in [0.25, 0.3) is 0 Å². The maximum Gasteiger partial charge on any atom is 0.146 e. The summed E-state index contributed by atoms with van der Waals surface area (Å²) >= 11 is 0. The second-order valence-corrected chi connectivity index (χ2v) is 6.82. The SMILES string of the molecule is CC(C)CCN(CCC(C)C)c1c(F)cccc1[C@H](C)N. The molecule has 1 rings (SSSR count). The maximum atomic E-state index is 14.4. The fraction of sp³-hybridized carbons (Fsp3) is 0.667. The zero-order chi connectivity index (χ0) is 16.0. The molecule has 0 fully saturated rings. The van der Waals surface area contributed by atoms with Crippen LogP contribution in [0, 0.1) is 17.7 Å². The van der Waals surface area contributed by atoms with Crippen LogP contribution in [0.5, 0.6) is 0 Å². The molecule has 0 saturated heterocycles. The van der Waals surface area contributed by atoms with Gasteiger partial charge in [-0.25, -0.2) is 4.39 Å². The van der Waals surface area contributed by atoms with Gasteiger partial charge in [-0.2, -0.15) is 0 Å². The van der Waals surface area contributed by atoms with Crippen LogP contribution >= 0.6 is 0 Å². The molecule has 0 bridgehead atoms. The third-order valence-electron chi connectivity index (χ3n) is 3.78. The first kappa shape index (κ1) is 18.0. The van der Waals surface area contributed by atoms with Gasteiger partial charge in [0.25, 0.3) is 0 Å². The van der Waals surface area contributed by atoms with E-state index in [1.807, 2.05) is 13.0 Å². The van der Waals surface area contributed by atoms with Crippen LogP contribution in [-0.4, -0.2) is 13.1 Å². The lowest BCUT2D eigenvalue weighted by Crippen LogP contribution is -2.30. The number of anilines is 1. The van der Waals surface area contributed by atoms with Crippen LogP contribution in [0.4, 0.5) is 10.1 Å². The average molecular weight is 294 g/mol.